The zero-order chi connectivity index (χ0) is 26.9. The molecule has 0 saturated carbocycles. The van der Waals surface area contributed by atoms with Crippen LogP contribution < -0.4 is 4.72 Å². The highest BCUT2D eigenvalue weighted by molar-refractivity contribution is 7.93. The van der Waals surface area contributed by atoms with Crippen LogP contribution >= 0.6 is 0 Å². The number of para-hydroxylation sites is 1. The Labute approximate surface area is 219 Å². The summed E-state index contributed by atoms with van der Waals surface area (Å²) >= 11 is 0. The second-order valence-electron chi connectivity index (χ2n) is 9.18. The number of benzene rings is 3. The van der Waals surface area contributed by atoms with Gasteiger partial charge in [0.25, 0.3) is 15.9 Å². The summed E-state index contributed by atoms with van der Waals surface area (Å²) in [6.45, 7) is 3.85. The van der Waals surface area contributed by atoms with Gasteiger partial charge in [-0.15, -0.1) is 0 Å². The molecule has 1 atom stereocenters. The van der Waals surface area contributed by atoms with Gasteiger partial charge in [0.05, 0.1) is 5.52 Å². The molecule has 1 unspecified atom stereocenters. The minimum Gasteiger partial charge on any atom is -0.336 e. The summed E-state index contributed by atoms with van der Waals surface area (Å²) < 4.78 is 56.1. The maximum Gasteiger partial charge on any atom is 0.264 e. The van der Waals surface area contributed by atoms with Crippen molar-refractivity contribution >= 4 is 32.5 Å². The molecule has 3 aromatic carbocycles. The van der Waals surface area contributed by atoms with E-state index in [1.54, 1.807) is 59.6 Å². The molecule has 1 aliphatic heterocycles. The van der Waals surface area contributed by atoms with Gasteiger partial charge in [0.1, 0.15) is 16.5 Å². The van der Waals surface area contributed by atoms with Crippen LogP contribution in [-0.4, -0.2) is 55.3 Å². The summed E-state index contributed by atoms with van der Waals surface area (Å²) in [4.78, 5) is 21.1. The van der Waals surface area contributed by atoms with E-state index < -0.39 is 21.7 Å². The molecule has 0 aliphatic carbocycles. The number of carbonyl (C=O) groups excluding carboxylic acids is 1. The number of nitrogens with one attached hydrogen (secondary N) is 1. The molecule has 0 radical (unpaired) electrons. The number of carbonyl (C=O) groups is 1. The van der Waals surface area contributed by atoms with Crippen LogP contribution in [0.25, 0.3) is 10.9 Å². The lowest BCUT2D eigenvalue weighted by Crippen LogP contribution is -2.49. The first-order valence-corrected chi connectivity index (χ1v) is 13.7. The van der Waals surface area contributed by atoms with Crippen molar-refractivity contribution in [3.05, 3.63) is 102 Å². The van der Waals surface area contributed by atoms with Crippen molar-refractivity contribution in [2.24, 2.45) is 0 Å². The standard InChI is InChI=1S/C28H26F2N4O3S/c1-19(24-12-9-22(29)18-25(24)30)33-14-16-34(17-15-33)28(35)21-7-10-23(11-8-21)32-38(36,37)26-6-2-4-20-5-3-13-31-27(20)26/h2-13,18-19,32H,14-17H2,1H3. The first kappa shape index (κ1) is 25.7. The molecular formula is C28H26F2N4O3S. The van der Waals surface area contributed by atoms with E-state index in [1.807, 2.05) is 6.92 Å². The summed E-state index contributed by atoms with van der Waals surface area (Å²) in [6, 6.07) is 18.1. The minimum absolute atomic E-state index is 0.0726. The quantitative estimate of drug-likeness (QED) is 0.382. The summed E-state index contributed by atoms with van der Waals surface area (Å²) in [6.07, 6.45) is 1.54. The van der Waals surface area contributed by atoms with Gasteiger partial charge in [0.15, 0.2) is 0 Å². The Bertz CT molecular complexity index is 1580. The van der Waals surface area contributed by atoms with E-state index >= 15 is 0 Å². The molecule has 10 heteroatoms. The highest BCUT2D eigenvalue weighted by atomic mass is 32.2. The molecule has 2 heterocycles. The second kappa shape index (κ2) is 10.5. The second-order valence-corrected chi connectivity index (χ2v) is 10.8. The lowest BCUT2D eigenvalue weighted by atomic mass is 10.0. The number of fused-ring (bicyclic) bond motifs is 1. The number of amides is 1. The predicted molar refractivity (Wildman–Crippen MR) is 141 cm³/mol. The Balaban J connectivity index is 1.23. The predicted octanol–water partition coefficient (Wildman–Crippen LogP) is 4.83. The molecule has 1 fully saturated rings. The molecule has 38 heavy (non-hydrogen) atoms. The van der Waals surface area contributed by atoms with Gasteiger partial charge in [-0.05, 0) is 49.4 Å². The van der Waals surface area contributed by atoms with Crippen molar-refractivity contribution < 1.29 is 22.0 Å². The summed E-state index contributed by atoms with van der Waals surface area (Å²) in [5.74, 6) is -1.36. The zero-order valence-electron chi connectivity index (χ0n) is 20.6. The third-order valence-electron chi connectivity index (χ3n) is 6.83. The van der Waals surface area contributed by atoms with Crippen molar-refractivity contribution in [3.8, 4) is 0 Å². The Morgan fingerprint density at radius 1 is 0.947 bits per heavy atom. The van der Waals surface area contributed by atoms with Gasteiger partial charge < -0.3 is 4.90 Å². The van der Waals surface area contributed by atoms with Gasteiger partial charge in [-0.3, -0.25) is 19.4 Å². The molecule has 5 rings (SSSR count). The van der Waals surface area contributed by atoms with Crippen LogP contribution in [-0.2, 0) is 10.0 Å². The molecule has 0 spiro atoms. The van der Waals surface area contributed by atoms with Crippen LogP contribution in [0.1, 0.15) is 28.9 Å². The van der Waals surface area contributed by atoms with Crippen molar-refractivity contribution in [1.29, 1.82) is 0 Å². The fourth-order valence-corrected chi connectivity index (χ4v) is 5.96. The van der Waals surface area contributed by atoms with E-state index in [4.69, 9.17) is 0 Å². The average molecular weight is 537 g/mol. The number of pyridine rings is 1. The van der Waals surface area contributed by atoms with Gasteiger partial charge in [-0.25, -0.2) is 17.2 Å². The van der Waals surface area contributed by atoms with Crippen molar-refractivity contribution in [2.45, 2.75) is 17.9 Å². The van der Waals surface area contributed by atoms with E-state index in [-0.39, 0.29) is 16.8 Å². The molecule has 7 nitrogen and oxygen atoms in total. The van der Waals surface area contributed by atoms with Crippen LogP contribution in [0.2, 0.25) is 0 Å². The number of hydrogen-bond donors (Lipinski definition) is 1. The smallest absolute Gasteiger partial charge is 0.264 e. The van der Waals surface area contributed by atoms with E-state index in [1.165, 1.54) is 18.2 Å². The van der Waals surface area contributed by atoms with Crippen molar-refractivity contribution in [3.63, 3.8) is 0 Å². The zero-order valence-corrected chi connectivity index (χ0v) is 21.5. The van der Waals surface area contributed by atoms with Gasteiger partial charge in [0, 0.05) is 66.7 Å². The van der Waals surface area contributed by atoms with Crippen LogP contribution in [0.5, 0.6) is 0 Å². The molecule has 1 N–H and O–H groups in total. The third-order valence-corrected chi connectivity index (χ3v) is 8.24. The first-order valence-electron chi connectivity index (χ1n) is 12.2. The Kier molecular flexibility index (Phi) is 7.09. The molecule has 1 saturated heterocycles. The first-order chi connectivity index (χ1) is 18.2. The number of aromatic nitrogens is 1. The van der Waals surface area contributed by atoms with E-state index in [9.17, 15) is 22.0 Å². The number of anilines is 1. The SMILES string of the molecule is CC(c1ccc(F)cc1F)N1CCN(C(=O)c2ccc(NS(=O)(=O)c3cccc4cccnc34)cc2)CC1. The fraction of sp³-hybridized carbons (Fsp3) is 0.214. The molecule has 196 valence electrons. The lowest BCUT2D eigenvalue weighted by Gasteiger charge is -2.38. The molecule has 0 bridgehead atoms. The summed E-state index contributed by atoms with van der Waals surface area (Å²) in [5.41, 5.74) is 1.56. The van der Waals surface area contributed by atoms with E-state index in [0.717, 1.165) is 6.07 Å². The molecular weight excluding hydrogens is 510 g/mol. The Morgan fingerprint density at radius 2 is 1.66 bits per heavy atom. The molecule has 4 aromatic rings. The topological polar surface area (TPSA) is 82.6 Å². The largest absolute Gasteiger partial charge is 0.336 e. The van der Waals surface area contributed by atoms with Crippen molar-refractivity contribution in [1.82, 2.24) is 14.8 Å². The van der Waals surface area contributed by atoms with Gasteiger partial charge >= 0.3 is 0 Å². The fourth-order valence-electron chi connectivity index (χ4n) is 4.72. The number of hydrogen-bond acceptors (Lipinski definition) is 5. The number of piperazine rings is 1. The third kappa shape index (κ3) is 5.23. The maximum atomic E-state index is 14.2. The Morgan fingerprint density at radius 3 is 2.37 bits per heavy atom. The normalized spacial score (nSPS) is 15.4. The van der Waals surface area contributed by atoms with Crippen LogP contribution in [0, 0.1) is 11.6 Å². The van der Waals surface area contributed by atoms with Crippen molar-refractivity contribution in [2.75, 3.05) is 30.9 Å². The van der Waals surface area contributed by atoms with Gasteiger partial charge in [0.2, 0.25) is 0 Å². The number of nitrogens with zero attached hydrogens (tertiary/aromatic N) is 3. The van der Waals surface area contributed by atoms with E-state index in [2.05, 4.69) is 14.6 Å². The Hall–Kier alpha value is -3.89. The van der Waals surface area contributed by atoms with Crippen LogP contribution in [0.15, 0.2) is 83.9 Å². The molecule has 1 amide bonds. The average Bonchev–Trinajstić information content (AvgIpc) is 2.92. The number of sulfonamides is 1. The van der Waals surface area contributed by atoms with E-state index in [0.29, 0.717) is 53.9 Å². The maximum absolute atomic E-state index is 14.2. The summed E-state index contributed by atoms with van der Waals surface area (Å²) in [7, 11) is -3.90. The molecule has 1 aliphatic rings. The highest BCUT2D eigenvalue weighted by Gasteiger charge is 2.27. The van der Waals surface area contributed by atoms with Crippen LogP contribution in [0.3, 0.4) is 0 Å². The van der Waals surface area contributed by atoms with Gasteiger partial charge in [-0.2, -0.15) is 0 Å². The monoisotopic (exact) mass is 536 g/mol. The minimum atomic E-state index is -3.90. The summed E-state index contributed by atoms with van der Waals surface area (Å²) in [5, 5.41) is 0.716. The lowest BCUT2D eigenvalue weighted by molar-refractivity contribution is 0.0579. The molecule has 1 aromatic heterocycles. The number of rotatable bonds is 6. The number of halogens is 2. The van der Waals surface area contributed by atoms with Crippen LogP contribution in [0.4, 0.5) is 14.5 Å². The van der Waals surface area contributed by atoms with Gasteiger partial charge in [-0.1, -0.05) is 24.3 Å². The highest BCUT2D eigenvalue weighted by Crippen LogP contribution is 2.26.